The Morgan fingerprint density at radius 3 is 2.86 bits per heavy atom. The molecule has 6 nitrogen and oxygen atoms in total. The highest BCUT2D eigenvalue weighted by Gasteiger charge is 2.54. The summed E-state index contributed by atoms with van der Waals surface area (Å²) in [5.41, 5.74) is 4.42. The van der Waals surface area contributed by atoms with Crippen molar-refractivity contribution in [1.29, 1.82) is 0 Å². The number of aliphatic hydroxyl groups excluding tert-OH is 2. The molecule has 0 aliphatic carbocycles. The van der Waals surface area contributed by atoms with Crippen LogP contribution in [0.25, 0.3) is 0 Å². The number of fused-ring (bicyclic) bond motifs is 1. The lowest BCUT2D eigenvalue weighted by Gasteiger charge is -2.48. The van der Waals surface area contributed by atoms with Crippen molar-refractivity contribution in [3.63, 3.8) is 0 Å². The van der Waals surface area contributed by atoms with Gasteiger partial charge in [-0.2, -0.15) is 0 Å². The Kier molecular flexibility index (Phi) is 4.32. The topological polar surface area (TPSA) is 101 Å². The molecule has 4 N–H and O–H groups in total. The van der Waals surface area contributed by atoms with Crippen molar-refractivity contribution in [1.82, 2.24) is 4.98 Å². The van der Waals surface area contributed by atoms with E-state index in [1.165, 1.54) is 23.1 Å². The number of aliphatic hydroxyl groups is 2. The van der Waals surface area contributed by atoms with Crippen LogP contribution in [0.4, 0.5) is 0 Å². The predicted molar refractivity (Wildman–Crippen MR) is 86.5 cm³/mol. The van der Waals surface area contributed by atoms with E-state index in [9.17, 15) is 10.2 Å². The lowest BCUT2D eigenvalue weighted by atomic mass is 9.76. The van der Waals surface area contributed by atoms with E-state index < -0.39 is 11.1 Å². The van der Waals surface area contributed by atoms with Crippen molar-refractivity contribution in [3.8, 4) is 0 Å². The zero-order valence-electron chi connectivity index (χ0n) is 11.2. The number of aromatic nitrogens is 1. The number of ether oxygens (including phenoxy) is 1. The third kappa shape index (κ3) is 2.64. The molecule has 1 aromatic heterocycles. The first kappa shape index (κ1) is 15.7. The summed E-state index contributed by atoms with van der Waals surface area (Å²) >= 11 is 6.38. The Morgan fingerprint density at radius 1 is 1.48 bits per heavy atom. The minimum absolute atomic E-state index is 0.112. The molecule has 1 saturated heterocycles. The molecule has 3 rings (SSSR count). The van der Waals surface area contributed by atoms with E-state index in [2.05, 4.69) is 25.9 Å². The van der Waals surface area contributed by atoms with Gasteiger partial charge in [0.25, 0.3) is 0 Å². The Balaban J connectivity index is 2.01. The highest BCUT2D eigenvalue weighted by molar-refractivity contribution is 9.10. The summed E-state index contributed by atoms with van der Waals surface area (Å²) < 4.78 is 6.60. The number of thiazole rings is 1. The molecule has 0 bridgehead atoms. The van der Waals surface area contributed by atoms with Gasteiger partial charge >= 0.3 is 0 Å². The molecule has 2 aliphatic rings. The molecule has 0 saturated carbocycles. The summed E-state index contributed by atoms with van der Waals surface area (Å²) in [6.07, 6.45) is 0.529. The van der Waals surface area contributed by atoms with Crippen LogP contribution in [0, 0.1) is 5.92 Å². The largest absolute Gasteiger partial charge is 0.393 e. The second-order valence-electron chi connectivity index (χ2n) is 5.35. The normalized spacial score (nSPS) is 31.6. The molecular weight excluding hydrogens is 378 g/mol. The first-order valence-corrected chi connectivity index (χ1v) is 9.15. The number of aliphatic imine (C=N–C) groups is 1. The number of thioether (sulfide) groups is 1. The number of hydrogen-bond donors (Lipinski definition) is 3. The second kappa shape index (κ2) is 5.78. The van der Waals surface area contributed by atoms with E-state index in [0.29, 0.717) is 11.6 Å². The van der Waals surface area contributed by atoms with Crippen LogP contribution in [0.3, 0.4) is 0 Å². The predicted octanol–water partition coefficient (Wildman–Crippen LogP) is 0.922. The molecule has 2 unspecified atom stereocenters. The monoisotopic (exact) mass is 393 g/mol. The van der Waals surface area contributed by atoms with Crippen molar-refractivity contribution in [2.75, 3.05) is 25.6 Å². The maximum atomic E-state index is 9.57. The van der Waals surface area contributed by atoms with Crippen LogP contribution < -0.4 is 5.73 Å². The molecule has 9 heteroatoms. The van der Waals surface area contributed by atoms with Crippen LogP contribution in [0.15, 0.2) is 15.0 Å². The van der Waals surface area contributed by atoms with Crippen molar-refractivity contribution in [2.24, 2.45) is 16.6 Å². The summed E-state index contributed by atoms with van der Waals surface area (Å²) in [4.78, 5) is 9.15. The molecule has 0 aromatic carbocycles. The summed E-state index contributed by atoms with van der Waals surface area (Å²) in [5.74, 6) is 0.887. The molecule has 116 valence electrons. The number of hydrogen-bond acceptors (Lipinski definition) is 8. The minimum atomic E-state index is -0.898. The first-order valence-electron chi connectivity index (χ1n) is 6.49. The lowest BCUT2D eigenvalue weighted by Crippen LogP contribution is -2.57. The van der Waals surface area contributed by atoms with Crippen molar-refractivity contribution >= 4 is 44.2 Å². The number of halogens is 1. The third-order valence-corrected chi connectivity index (χ3v) is 6.73. The maximum Gasteiger partial charge on any atom is 0.154 e. The minimum Gasteiger partial charge on any atom is -0.393 e. The molecule has 3 heterocycles. The van der Waals surface area contributed by atoms with Crippen molar-refractivity contribution in [2.45, 2.75) is 17.6 Å². The van der Waals surface area contributed by atoms with E-state index in [1.807, 2.05) is 5.38 Å². The summed E-state index contributed by atoms with van der Waals surface area (Å²) in [6.45, 7) is -0.150. The second-order valence-corrected chi connectivity index (χ2v) is 8.06. The number of rotatable bonds is 3. The highest BCUT2D eigenvalue weighted by atomic mass is 79.9. The van der Waals surface area contributed by atoms with Gasteiger partial charge in [-0.25, -0.2) is 9.98 Å². The summed E-state index contributed by atoms with van der Waals surface area (Å²) in [5, 5.41) is 22.4. The van der Waals surface area contributed by atoms with Crippen LogP contribution in [0.5, 0.6) is 0 Å². The Morgan fingerprint density at radius 2 is 2.24 bits per heavy atom. The fourth-order valence-corrected chi connectivity index (χ4v) is 5.26. The number of amidine groups is 1. The molecule has 1 fully saturated rings. The van der Waals surface area contributed by atoms with Gasteiger partial charge in [0.15, 0.2) is 5.17 Å². The van der Waals surface area contributed by atoms with Gasteiger partial charge in [0.05, 0.1) is 19.8 Å². The Bertz CT molecular complexity index is 564. The van der Waals surface area contributed by atoms with E-state index >= 15 is 0 Å². The van der Waals surface area contributed by atoms with Crippen molar-refractivity contribution < 1.29 is 14.9 Å². The standard InChI is InChI=1S/C12H16BrN3O3S2/c13-8-3-20-9(15-8)12-6-19-11(4-17,5-18)1-7(12)2-21-10(14)16-12/h3,7,17-18H,1-2,4-6H2,(H2,14,16). The van der Waals surface area contributed by atoms with E-state index in [-0.39, 0.29) is 25.7 Å². The highest BCUT2D eigenvalue weighted by Crippen LogP contribution is 2.49. The van der Waals surface area contributed by atoms with Gasteiger partial charge < -0.3 is 20.7 Å². The number of nitrogens with zero attached hydrogens (tertiary/aromatic N) is 2. The molecule has 2 atom stereocenters. The van der Waals surface area contributed by atoms with Crippen LogP contribution in [-0.2, 0) is 10.3 Å². The smallest absolute Gasteiger partial charge is 0.154 e. The van der Waals surface area contributed by atoms with E-state index in [1.54, 1.807) is 0 Å². The summed E-state index contributed by atoms with van der Waals surface area (Å²) in [7, 11) is 0. The molecule has 21 heavy (non-hydrogen) atoms. The first-order chi connectivity index (χ1) is 10.0. The van der Waals surface area contributed by atoms with Gasteiger partial charge in [-0.15, -0.1) is 11.3 Å². The van der Waals surface area contributed by atoms with Gasteiger partial charge in [-0.05, 0) is 22.4 Å². The third-order valence-electron chi connectivity index (χ3n) is 4.06. The van der Waals surface area contributed by atoms with Gasteiger partial charge in [-0.1, -0.05) is 11.8 Å². The zero-order valence-corrected chi connectivity index (χ0v) is 14.4. The molecule has 1 aromatic rings. The van der Waals surface area contributed by atoms with Crippen LogP contribution in [0.2, 0.25) is 0 Å². The molecular formula is C12H16BrN3O3S2. The zero-order chi connectivity index (χ0) is 15.1. The lowest BCUT2D eigenvalue weighted by molar-refractivity contribution is -0.170. The molecule has 0 amide bonds. The molecule has 0 spiro atoms. The van der Waals surface area contributed by atoms with Gasteiger partial charge in [0, 0.05) is 17.1 Å². The molecule has 2 aliphatic heterocycles. The molecule has 0 radical (unpaired) electrons. The maximum absolute atomic E-state index is 9.57. The average Bonchev–Trinajstić information content (AvgIpc) is 2.94. The SMILES string of the molecule is NC1=NC2(c3nc(Br)cs3)COC(CO)(CO)CC2CS1. The van der Waals surface area contributed by atoms with Crippen LogP contribution in [-0.4, -0.2) is 51.5 Å². The van der Waals surface area contributed by atoms with Gasteiger partial charge in [0.1, 0.15) is 20.8 Å². The van der Waals surface area contributed by atoms with E-state index in [0.717, 1.165) is 15.4 Å². The van der Waals surface area contributed by atoms with Gasteiger partial charge in [0.2, 0.25) is 0 Å². The Labute approximate surface area is 138 Å². The van der Waals surface area contributed by atoms with E-state index in [4.69, 9.17) is 10.5 Å². The fraction of sp³-hybridized carbons (Fsp3) is 0.667. The fourth-order valence-electron chi connectivity index (χ4n) is 2.80. The average molecular weight is 394 g/mol. The van der Waals surface area contributed by atoms with Crippen molar-refractivity contribution in [3.05, 3.63) is 15.0 Å². The Hall–Kier alpha value is -0.190. The summed E-state index contributed by atoms with van der Waals surface area (Å²) in [6, 6.07) is 0. The van der Waals surface area contributed by atoms with Crippen LogP contribution >= 0.6 is 39.0 Å². The quantitative estimate of drug-likeness (QED) is 0.705. The number of nitrogens with two attached hydrogens (primary N) is 1. The van der Waals surface area contributed by atoms with Crippen LogP contribution in [0.1, 0.15) is 11.4 Å². The van der Waals surface area contributed by atoms with Gasteiger partial charge in [-0.3, -0.25) is 0 Å².